The standard InChI is InChI=1S/C16H29NO7.2C11H22O4.C10H18O6.C5H13O2P.CH4.2Na/c1-6-9(19)12(21)13-11(17-8(2)18)10(20)7-16(24-13,14(22)23)15(3,4)5;2*1-5-6-7(12)8(13)9(14)10(15-6)11(2,3)4;1-10(2,3)8-6(13)4(11)5(12)7(16-8)9(14)15;1-5(2,3)8(4,6)7;;;/h9-13,19-21H,6-7H2,1-5H3,(H,17,18)(H,22,23);2*6-10,12-14H,5H2,1-4H3;4-8,11-13H,1-3H3,(H,14,15);1-4H3,(H,6,7);1H4;;/q;;;;;;2*+1/p-3. The van der Waals surface area contributed by atoms with Crippen molar-refractivity contribution in [1.29, 1.82) is 0 Å². The molecule has 472 valence electrons. The van der Waals surface area contributed by atoms with Crippen molar-refractivity contribution in [3.05, 3.63) is 0 Å². The van der Waals surface area contributed by atoms with Crippen LogP contribution in [0.25, 0.3) is 0 Å². The van der Waals surface area contributed by atoms with Gasteiger partial charge in [0.2, 0.25) is 5.91 Å². The molecular formula is C54H105NNa2O23P-. The van der Waals surface area contributed by atoms with Gasteiger partial charge in [-0.3, -0.25) is 4.79 Å². The number of aliphatic hydroxyl groups excluding tert-OH is 12. The number of aliphatic hydroxyl groups is 12. The summed E-state index contributed by atoms with van der Waals surface area (Å²) in [6.45, 7) is 34.7. The van der Waals surface area contributed by atoms with E-state index in [0.29, 0.717) is 12.8 Å². The zero-order valence-electron chi connectivity index (χ0n) is 51.7. The van der Waals surface area contributed by atoms with Gasteiger partial charge in [0.15, 0.2) is 0 Å². The first kappa shape index (κ1) is 87.4. The largest absolute Gasteiger partial charge is 1.00 e. The van der Waals surface area contributed by atoms with Crippen LogP contribution in [0, 0.1) is 21.7 Å². The molecule has 0 aromatic heterocycles. The molecule has 0 aromatic carbocycles. The summed E-state index contributed by atoms with van der Waals surface area (Å²) in [4.78, 5) is 44.6. The van der Waals surface area contributed by atoms with E-state index in [4.69, 9.17) is 18.9 Å². The molecule has 0 spiro atoms. The SMILES string of the molecule is C.CC(C)(C)C1OC(C(=O)[O-])C(O)C(O)C1O.CC(C)(C)P(C)(=O)[O-].CCC(O)C(O)C1OC(C(=O)[O-])(C(C)(C)C)CC(O)C1NC(C)=O.CCC1OC(C(C)(C)C)C(O)C(O)C1O.CCC1OC(C(C)(C)C)C(O)C(O)C1O.[Na+].[Na+]. The van der Waals surface area contributed by atoms with Crippen LogP contribution in [0.5, 0.6) is 0 Å². The zero-order chi connectivity index (χ0) is 62.1. The van der Waals surface area contributed by atoms with Crippen LogP contribution in [0.3, 0.4) is 0 Å². The molecule has 27 heteroatoms. The van der Waals surface area contributed by atoms with Crippen molar-refractivity contribution < 1.29 is 173 Å². The van der Waals surface area contributed by atoms with Crippen molar-refractivity contribution in [3.63, 3.8) is 0 Å². The number of hydrogen-bond donors (Lipinski definition) is 13. The third kappa shape index (κ3) is 24.1. The van der Waals surface area contributed by atoms with E-state index in [9.17, 15) is 95.3 Å². The first-order chi connectivity index (χ1) is 34.8. The second kappa shape index (κ2) is 34.6. The maximum absolute atomic E-state index is 11.8. The Balaban J connectivity index is -0.000000469. The number of rotatable bonds is 8. The molecule has 22 atom stereocenters. The van der Waals surface area contributed by atoms with Gasteiger partial charge in [-0.05, 0) is 47.6 Å². The fourth-order valence-corrected chi connectivity index (χ4v) is 8.87. The molecule has 4 rings (SSSR count). The number of carboxylic acid groups (broad SMARTS) is 2. The Kier molecular flexibility index (Phi) is 37.4. The van der Waals surface area contributed by atoms with E-state index in [1.54, 1.807) is 69.2 Å². The average molecular weight is 1210 g/mol. The van der Waals surface area contributed by atoms with Crippen LogP contribution < -0.4 is 79.5 Å². The molecule has 4 aliphatic heterocycles. The fraction of sp³-hybridized carbons (Fsp3) is 0.944. The van der Waals surface area contributed by atoms with Crippen LogP contribution in [0.1, 0.15) is 165 Å². The Morgan fingerprint density at radius 2 is 0.926 bits per heavy atom. The second-order valence-corrected chi connectivity index (χ2v) is 29.3. The van der Waals surface area contributed by atoms with E-state index in [1.807, 2.05) is 55.4 Å². The van der Waals surface area contributed by atoms with Gasteiger partial charge < -0.3 is 115 Å². The summed E-state index contributed by atoms with van der Waals surface area (Å²) in [7, 11) is -3.10. The molecule has 4 heterocycles. The zero-order valence-corrected chi connectivity index (χ0v) is 56.6. The van der Waals surface area contributed by atoms with Crippen LogP contribution in [0.2, 0.25) is 0 Å². The van der Waals surface area contributed by atoms with Crippen LogP contribution in [0.4, 0.5) is 0 Å². The molecule has 81 heavy (non-hydrogen) atoms. The summed E-state index contributed by atoms with van der Waals surface area (Å²) in [6.07, 6.45) is -19.2. The van der Waals surface area contributed by atoms with E-state index in [2.05, 4.69) is 5.32 Å². The van der Waals surface area contributed by atoms with Crippen molar-refractivity contribution >= 4 is 25.2 Å². The molecule has 0 saturated carbocycles. The van der Waals surface area contributed by atoms with Crippen molar-refractivity contribution in [2.45, 2.75) is 297 Å². The number of amides is 1. The molecule has 0 aromatic rings. The Hall–Kier alpha value is -0.0400. The predicted octanol–water partition coefficient (Wildman–Crippen LogP) is -7.78. The van der Waals surface area contributed by atoms with Crippen LogP contribution in [-0.2, 0) is 37.9 Å². The maximum Gasteiger partial charge on any atom is 1.00 e. The number of aliphatic carboxylic acids is 2. The van der Waals surface area contributed by atoms with Crippen LogP contribution in [0.15, 0.2) is 0 Å². The van der Waals surface area contributed by atoms with Crippen LogP contribution >= 0.6 is 7.37 Å². The Morgan fingerprint density at radius 3 is 1.17 bits per heavy atom. The van der Waals surface area contributed by atoms with E-state index in [1.165, 1.54) is 13.6 Å². The van der Waals surface area contributed by atoms with Gasteiger partial charge >= 0.3 is 59.1 Å². The molecule has 4 saturated heterocycles. The Bertz CT molecular complexity index is 1850. The van der Waals surface area contributed by atoms with Crippen molar-refractivity contribution in [2.75, 3.05) is 6.66 Å². The molecule has 24 nitrogen and oxygen atoms in total. The van der Waals surface area contributed by atoms with E-state index < -0.39 is 169 Å². The normalized spacial score (nSPS) is 35.9. The first-order valence-electron chi connectivity index (χ1n) is 26.6. The third-order valence-corrected chi connectivity index (χ3v) is 17.0. The van der Waals surface area contributed by atoms with Gasteiger partial charge in [-0.25, -0.2) is 0 Å². The average Bonchev–Trinajstić information content (AvgIpc) is 3.27. The van der Waals surface area contributed by atoms with E-state index in [-0.39, 0.29) is 90.2 Å². The molecule has 4 aliphatic rings. The van der Waals surface area contributed by atoms with Crippen molar-refractivity contribution in [1.82, 2.24) is 5.32 Å². The van der Waals surface area contributed by atoms with Gasteiger partial charge in [0.1, 0.15) is 78.8 Å². The molecule has 13 N–H and O–H groups in total. The van der Waals surface area contributed by atoms with E-state index >= 15 is 0 Å². The number of carbonyl (C=O) groups is 3. The summed E-state index contributed by atoms with van der Waals surface area (Å²) in [6, 6.07) is -1.05. The minimum Gasteiger partial charge on any atom is -0.799 e. The summed E-state index contributed by atoms with van der Waals surface area (Å²) >= 11 is 0. The number of hydrogen-bond acceptors (Lipinski definition) is 23. The van der Waals surface area contributed by atoms with Gasteiger partial charge in [-0.2, -0.15) is 0 Å². The third-order valence-electron chi connectivity index (χ3n) is 14.5. The molecule has 1 amide bonds. The second-order valence-electron chi connectivity index (χ2n) is 26.2. The predicted molar refractivity (Wildman–Crippen MR) is 287 cm³/mol. The Labute approximate surface area is 526 Å². The first-order valence-corrected chi connectivity index (χ1v) is 28.7. The van der Waals surface area contributed by atoms with Gasteiger partial charge in [-0.15, -0.1) is 0 Å². The smallest absolute Gasteiger partial charge is 0.799 e. The fourth-order valence-electron chi connectivity index (χ4n) is 8.87. The molecule has 0 radical (unpaired) electrons. The van der Waals surface area contributed by atoms with Crippen LogP contribution in [-0.4, -0.2) is 219 Å². The quantitative estimate of drug-likeness (QED) is 0.0793. The number of ether oxygens (including phenoxy) is 4. The van der Waals surface area contributed by atoms with E-state index in [0.717, 1.165) is 0 Å². The summed E-state index contributed by atoms with van der Waals surface area (Å²) < 4.78 is 32.8. The molecule has 0 bridgehead atoms. The molecule has 4 fully saturated rings. The number of nitrogens with one attached hydrogen (secondary N) is 1. The monoisotopic (exact) mass is 1210 g/mol. The summed E-state index contributed by atoms with van der Waals surface area (Å²) in [5, 5.41) is 142. The molecular weight excluding hydrogens is 1110 g/mol. The molecule has 22 unspecified atom stereocenters. The summed E-state index contributed by atoms with van der Waals surface area (Å²) in [5.74, 6) is -3.59. The molecule has 0 aliphatic carbocycles. The number of carboxylic acids is 2. The number of carbonyl (C=O) groups excluding carboxylic acids is 3. The minimum absolute atomic E-state index is 0. The van der Waals surface area contributed by atoms with Gasteiger partial charge in [0.25, 0.3) is 0 Å². The summed E-state index contributed by atoms with van der Waals surface area (Å²) in [5.41, 5.74) is -3.90. The van der Waals surface area contributed by atoms with Crippen molar-refractivity contribution in [3.8, 4) is 0 Å². The Morgan fingerprint density at radius 1 is 0.605 bits per heavy atom. The minimum atomic E-state index is -3.10. The topological polar surface area (TPSA) is 429 Å². The maximum atomic E-state index is 11.8. The van der Waals surface area contributed by atoms with Gasteiger partial charge in [-0.1, -0.05) is 132 Å². The van der Waals surface area contributed by atoms with Gasteiger partial charge in [0, 0.05) is 25.9 Å². The van der Waals surface area contributed by atoms with Gasteiger partial charge in [0.05, 0.1) is 60.7 Å². The van der Waals surface area contributed by atoms with Crippen molar-refractivity contribution in [2.24, 2.45) is 21.7 Å².